The number of aliphatic hydroxyl groups is 11. The van der Waals surface area contributed by atoms with E-state index in [4.69, 9.17) is 28.4 Å². The van der Waals surface area contributed by atoms with Gasteiger partial charge in [-0.2, -0.15) is 0 Å². The quantitative estimate of drug-likeness (QED) is 0.0330. The van der Waals surface area contributed by atoms with E-state index in [2.05, 4.69) is 86.0 Å². The van der Waals surface area contributed by atoms with Crippen LogP contribution in [0.15, 0.2) is 97.2 Å². The second-order valence-corrected chi connectivity index (χ2v) is 17.9. The summed E-state index contributed by atoms with van der Waals surface area (Å²) in [4.78, 5) is 13.2. The molecule has 0 spiro atoms. The molecule has 3 heterocycles. The average molecular weight is 1020 g/mol. The third kappa shape index (κ3) is 21.9. The van der Waals surface area contributed by atoms with E-state index >= 15 is 0 Å². The number of aliphatic hydroxyl groups excluding tert-OH is 11. The molecule has 3 fully saturated rings. The lowest BCUT2D eigenvalue weighted by Gasteiger charge is -2.48. The first-order valence-corrected chi connectivity index (χ1v) is 25.5. The van der Waals surface area contributed by atoms with Crippen molar-refractivity contribution in [3.05, 3.63) is 97.2 Å². The lowest BCUT2D eigenvalue weighted by molar-refractivity contribution is -0.379. The monoisotopic (exact) mass is 1020 g/mol. The Bertz CT molecular complexity index is 1700. The Morgan fingerprint density at radius 1 is 0.514 bits per heavy atom. The number of rotatable bonds is 33. The van der Waals surface area contributed by atoms with Crippen molar-refractivity contribution in [3.63, 3.8) is 0 Å². The number of amides is 1. The first-order valence-electron chi connectivity index (χ1n) is 25.5. The van der Waals surface area contributed by atoms with E-state index in [1.165, 1.54) is 6.08 Å². The number of hydrogen-bond acceptors (Lipinski definition) is 18. The van der Waals surface area contributed by atoms with Crippen molar-refractivity contribution in [2.45, 2.75) is 202 Å². The molecule has 3 aliphatic rings. The van der Waals surface area contributed by atoms with Crippen LogP contribution in [0.5, 0.6) is 0 Å². The maximum absolute atomic E-state index is 13.2. The highest BCUT2D eigenvalue weighted by Crippen LogP contribution is 2.33. The number of unbranched alkanes of at least 4 members (excludes halogenated alkanes) is 3. The van der Waals surface area contributed by atoms with Gasteiger partial charge in [-0.25, -0.2) is 0 Å². The molecular weight excluding hydrogens is 939 g/mol. The lowest BCUT2D eigenvalue weighted by atomic mass is 9.96. The highest BCUT2D eigenvalue weighted by molar-refractivity contribution is 5.76. The maximum atomic E-state index is 13.2. The standard InChI is InChI=1S/C53H85NO18/c1-3-5-7-9-11-13-14-15-16-17-18-19-20-21-22-23-25-27-29-31-41(59)54-36(37(58)30-28-26-24-12-10-8-6-4-2)35-67-51-47(65)44(62)49(39(33-56)69-51)72-53-48(66)45(63)50(40(34-57)70-53)71-52-46(64)43(61)42(60)38(32-55)68-52/h5,7,10-13,15-16,18-19,21-22,25,27-28,30,36-40,42-53,55-58,60-66H,3-4,6,8-9,14,17,20,23-24,26,29,31-35H2,1-2H3,(H,54,59)/b7-5-,12-10+,13-11-,16-15-,19-18-,22-21-,27-25-,30-28+. The van der Waals surface area contributed by atoms with Crippen LogP contribution in [0, 0.1) is 0 Å². The molecule has 0 aromatic carbocycles. The fourth-order valence-electron chi connectivity index (χ4n) is 7.86. The largest absolute Gasteiger partial charge is 0.394 e. The van der Waals surface area contributed by atoms with Crippen LogP contribution < -0.4 is 5.32 Å². The molecule has 3 aliphatic heterocycles. The number of hydrogen-bond donors (Lipinski definition) is 12. The van der Waals surface area contributed by atoms with Gasteiger partial charge in [0.2, 0.25) is 5.91 Å². The molecular formula is C53H85NO18. The summed E-state index contributed by atoms with van der Waals surface area (Å²) in [5.74, 6) is -0.378. The van der Waals surface area contributed by atoms with Crippen LogP contribution in [-0.4, -0.2) is 193 Å². The van der Waals surface area contributed by atoms with Crippen LogP contribution in [0.25, 0.3) is 0 Å². The Kier molecular flexibility index (Phi) is 32.0. The highest BCUT2D eigenvalue weighted by atomic mass is 16.8. The number of carbonyl (C=O) groups excluding carboxylic acids is 1. The number of carbonyl (C=O) groups is 1. The highest BCUT2D eigenvalue weighted by Gasteiger charge is 2.53. The summed E-state index contributed by atoms with van der Waals surface area (Å²) in [5.41, 5.74) is 0. The molecule has 0 saturated carbocycles. The van der Waals surface area contributed by atoms with E-state index in [1.807, 2.05) is 18.2 Å². The van der Waals surface area contributed by atoms with E-state index in [0.717, 1.165) is 57.8 Å². The fraction of sp³-hybridized carbons (Fsp3) is 0.679. The van der Waals surface area contributed by atoms with Crippen LogP contribution in [0.3, 0.4) is 0 Å². The van der Waals surface area contributed by atoms with Crippen molar-refractivity contribution >= 4 is 5.91 Å². The van der Waals surface area contributed by atoms with Gasteiger partial charge in [-0.3, -0.25) is 4.79 Å². The van der Waals surface area contributed by atoms with E-state index < -0.39 is 131 Å². The van der Waals surface area contributed by atoms with Crippen LogP contribution in [0.2, 0.25) is 0 Å². The van der Waals surface area contributed by atoms with Crippen LogP contribution in [0.1, 0.15) is 97.3 Å². The van der Waals surface area contributed by atoms with Gasteiger partial charge in [0.1, 0.15) is 73.2 Å². The van der Waals surface area contributed by atoms with Gasteiger partial charge in [0, 0.05) is 6.42 Å². The number of allylic oxidation sites excluding steroid dienone is 15. The fourth-order valence-corrected chi connectivity index (χ4v) is 7.86. The molecule has 12 N–H and O–H groups in total. The van der Waals surface area contributed by atoms with Gasteiger partial charge in [-0.05, 0) is 64.2 Å². The molecule has 0 aliphatic carbocycles. The third-order valence-electron chi connectivity index (χ3n) is 12.1. The Morgan fingerprint density at radius 2 is 0.944 bits per heavy atom. The Labute approximate surface area is 424 Å². The summed E-state index contributed by atoms with van der Waals surface area (Å²) in [7, 11) is 0. The summed E-state index contributed by atoms with van der Waals surface area (Å²) in [6.45, 7) is 1.38. The van der Waals surface area contributed by atoms with E-state index in [1.54, 1.807) is 6.08 Å². The molecule has 3 rings (SSSR count). The molecule has 410 valence electrons. The molecule has 0 aromatic rings. The second-order valence-electron chi connectivity index (χ2n) is 17.9. The average Bonchev–Trinajstić information content (AvgIpc) is 3.37. The van der Waals surface area contributed by atoms with Crippen molar-refractivity contribution < 1.29 is 89.4 Å². The van der Waals surface area contributed by atoms with E-state index in [9.17, 15) is 61.0 Å². The zero-order valence-electron chi connectivity index (χ0n) is 41.9. The van der Waals surface area contributed by atoms with Crippen LogP contribution in [-0.2, 0) is 33.2 Å². The molecule has 19 nitrogen and oxygen atoms in total. The molecule has 3 saturated heterocycles. The molecule has 0 aromatic heterocycles. The minimum atomic E-state index is -1.99. The van der Waals surface area contributed by atoms with Crippen molar-refractivity contribution in [2.75, 3.05) is 26.4 Å². The van der Waals surface area contributed by atoms with Crippen molar-refractivity contribution in [3.8, 4) is 0 Å². The predicted molar refractivity (Wildman–Crippen MR) is 267 cm³/mol. The number of ether oxygens (including phenoxy) is 6. The van der Waals surface area contributed by atoms with Crippen LogP contribution in [0.4, 0.5) is 0 Å². The molecule has 72 heavy (non-hydrogen) atoms. The first-order chi connectivity index (χ1) is 34.8. The molecule has 19 heteroatoms. The summed E-state index contributed by atoms with van der Waals surface area (Å²) < 4.78 is 34.0. The van der Waals surface area contributed by atoms with E-state index in [0.29, 0.717) is 19.3 Å². The lowest BCUT2D eigenvalue weighted by Crippen LogP contribution is -2.66. The molecule has 0 bridgehead atoms. The van der Waals surface area contributed by atoms with Gasteiger partial charge >= 0.3 is 0 Å². The van der Waals surface area contributed by atoms with Gasteiger partial charge in [0.25, 0.3) is 0 Å². The number of nitrogens with one attached hydrogen (secondary N) is 1. The SMILES string of the molecule is CC/C=C\C/C=C\C/C=C\C/C=C\C/C=C\C/C=C\CCC(=O)NC(COC1OC(CO)C(OC2OC(CO)C(OC3OC(CO)C(O)C(O)C3O)C(O)C2O)C(O)C1O)C(O)/C=C/CC/C=C/CCCC. The summed E-state index contributed by atoms with van der Waals surface area (Å²) in [5, 5.41) is 119. The smallest absolute Gasteiger partial charge is 0.220 e. The van der Waals surface area contributed by atoms with Crippen molar-refractivity contribution in [2.24, 2.45) is 0 Å². The first kappa shape index (κ1) is 63.0. The normalized spacial score (nSPS) is 32.8. The maximum Gasteiger partial charge on any atom is 0.220 e. The Balaban J connectivity index is 1.56. The van der Waals surface area contributed by atoms with Crippen molar-refractivity contribution in [1.82, 2.24) is 5.32 Å². The van der Waals surface area contributed by atoms with Gasteiger partial charge in [-0.15, -0.1) is 0 Å². The van der Waals surface area contributed by atoms with Gasteiger partial charge in [0.15, 0.2) is 18.9 Å². The molecule has 17 atom stereocenters. The van der Waals surface area contributed by atoms with Gasteiger partial charge in [-0.1, -0.05) is 124 Å². The zero-order chi connectivity index (χ0) is 52.7. The van der Waals surface area contributed by atoms with Gasteiger partial charge < -0.3 is 89.9 Å². The zero-order valence-corrected chi connectivity index (χ0v) is 41.9. The molecule has 0 radical (unpaired) electrons. The summed E-state index contributed by atoms with van der Waals surface area (Å²) in [6.07, 6.45) is 16.0. The minimum Gasteiger partial charge on any atom is -0.394 e. The topological polar surface area (TPSA) is 307 Å². The van der Waals surface area contributed by atoms with Crippen LogP contribution >= 0.6 is 0 Å². The summed E-state index contributed by atoms with van der Waals surface area (Å²) >= 11 is 0. The minimum absolute atomic E-state index is 0.103. The van der Waals surface area contributed by atoms with Crippen molar-refractivity contribution in [1.29, 1.82) is 0 Å². The Hall–Kier alpha value is -3.29. The van der Waals surface area contributed by atoms with Gasteiger partial charge in [0.05, 0.1) is 38.6 Å². The molecule has 17 unspecified atom stereocenters. The van der Waals surface area contributed by atoms with E-state index in [-0.39, 0.29) is 12.3 Å². The molecule has 1 amide bonds. The Morgan fingerprint density at radius 3 is 1.46 bits per heavy atom. The second kappa shape index (κ2) is 36.6. The summed E-state index contributed by atoms with van der Waals surface area (Å²) in [6, 6.07) is -1.03. The third-order valence-corrected chi connectivity index (χ3v) is 12.1. The predicted octanol–water partition coefficient (Wildman–Crippen LogP) is 1.86.